The van der Waals surface area contributed by atoms with E-state index in [1.54, 1.807) is 24.3 Å². The summed E-state index contributed by atoms with van der Waals surface area (Å²) in [7, 11) is 0. The number of hydrogen-bond acceptors (Lipinski definition) is 2. The molecule has 1 unspecified atom stereocenters. The summed E-state index contributed by atoms with van der Waals surface area (Å²) in [6, 6.07) is 6.83. The zero-order valence-corrected chi connectivity index (χ0v) is 9.91. The smallest absolute Gasteiger partial charge is 0.549 e. The van der Waals surface area contributed by atoms with Crippen molar-refractivity contribution in [3.63, 3.8) is 0 Å². The van der Waals surface area contributed by atoms with Gasteiger partial charge in [0.1, 0.15) is 0 Å². The van der Waals surface area contributed by atoms with E-state index in [2.05, 4.69) is 0 Å². The van der Waals surface area contributed by atoms with E-state index in [1.807, 2.05) is 13.8 Å². The maximum Gasteiger partial charge on any atom is 1.00 e. The molecule has 0 aliphatic heterocycles. The normalized spacial score (nSPS) is 12.0. The summed E-state index contributed by atoms with van der Waals surface area (Å²) < 4.78 is 0. The Balaban J connectivity index is 0.00000196. The van der Waals surface area contributed by atoms with Gasteiger partial charge in [-0.05, 0) is 23.6 Å². The van der Waals surface area contributed by atoms with Crippen molar-refractivity contribution in [2.24, 2.45) is 5.92 Å². The molecule has 0 aliphatic rings. The first-order chi connectivity index (χ1) is 6.52. The Labute approximate surface area is 107 Å². The fourth-order valence-corrected chi connectivity index (χ4v) is 1.59. The summed E-state index contributed by atoms with van der Waals surface area (Å²) in [4.78, 5) is 10.9. The minimum Gasteiger partial charge on any atom is -0.549 e. The minimum absolute atomic E-state index is 0. The number of carbonyl (C=O) groups is 1. The van der Waals surface area contributed by atoms with Crippen LogP contribution in [0.5, 0.6) is 0 Å². The van der Waals surface area contributed by atoms with Gasteiger partial charge in [-0.15, -0.1) is 0 Å². The van der Waals surface area contributed by atoms with Crippen molar-refractivity contribution >= 4 is 17.6 Å². The number of carboxylic acid groups (broad SMARTS) is 1. The van der Waals surface area contributed by atoms with Gasteiger partial charge in [0, 0.05) is 16.9 Å². The average molecular weight is 219 g/mol. The van der Waals surface area contributed by atoms with Crippen molar-refractivity contribution in [1.82, 2.24) is 0 Å². The molecule has 15 heavy (non-hydrogen) atoms. The second kappa shape index (κ2) is 6.22. The molecular formula is C11H12ClLiO2. The molecule has 1 atom stereocenters. The third-order valence-electron chi connectivity index (χ3n) is 2.15. The second-order valence-corrected chi connectivity index (χ2v) is 4.03. The van der Waals surface area contributed by atoms with E-state index in [4.69, 9.17) is 11.6 Å². The third kappa shape index (κ3) is 3.91. The van der Waals surface area contributed by atoms with Crippen LogP contribution in [0.3, 0.4) is 0 Å². The monoisotopic (exact) mass is 218 g/mol. The van der Waals surface area contributed by atoms with E-state index >= 15 is 0 Å². The Bertz CT molecular complexity index is 322. The molecule has 0 fully saturated rings. The van der Waals surface area contributed by atoms with Gasteiger partial charge in [0.15, 0.2) is 0 Å². The first-order valence-electron chi connectivity index (χ1n) is 4.48. The van der Waals surface area contributed by atoms with Crippen molar-refractivity contribution in [3.05, 3.63) is 34.9 Å². The molecule has 1 aromatic rings. The van der Waals surface area contributed by atoms with Gasteiger partial charge in [0.25, 0.3) is 0 Å². The van der Waals surface area contributed by atoms with E-state index in [-0.39, 0.29) is 24.8 Å². The van der Waals surface area contributed by atoms with Crippen LogP contribution in [0.25, 0.3) is 0 Å². The molecule has 0 N–H and O–H groups in total. The molecule has 0 saturated heterocycles. The maximum absolute atomic E-state index is 10.9. The summed E-state index contributed by atoms with van der Waals surface area (Å²) in [6.07, 6.45) is 0. The molecule has 1 rings (SSSR count). The molecule has 0 spiro atoms. The topological polar surface area (TPSA) is 40.1 Å². The Morgan fingerprint density at radius 1 is 1.27 bits per heavy atom. The van der Waals surface area contributed by atoms with Crippen molar-refractivity contribution < 1.29 is 28.8 Å². The molecule has 0 radical (unpaired) electrons. The summed E-state index contributed by atoms with van der Waals surface area (Å²) in [5.74, 6) is -1.59. The molecule has 0 aromatic heterocycles. The quantitative estimate of drug-likeness (QED) is 0.600. The Morgan fingerprint density at radius 2 is 1.73 bits per heavy atom. The van der Waals surface area contributed by atoms with E-state index in [0.717, 1.165) is 5.56 Å². The Morgan fingerprint density at radius 3 is 2.07 bits per heavy atom. The summed E-state index contributed by atoms with van der Waals surface area (Å²) in [5.41, 5.74) is 0.740. The molecule has 1 aromatic carbocycles. The molecule has 76 valence electrons. The van der Waals surface area contributed by atoms with Gasteiger partial charge in [-0.1, -0.05) is 37.6 Å². The van der Waals surface area contributed by atoms with Gasteiger partial charge in [0.2, 0.25) is 0 Å². The zero-order valence-electron chi connectivity index (χ0n) is 9.16. The molecule has 0 aliphatic carbocycles. The molecule has 0 heterocycles. The zero-order chi connectivity index (χ0) is 10.7. The van der Waals surface area contributed by atoms with Gasteiger partial charge in [-0.2, -0.15) is 0 Å². The summed E-state index contributed by atoms with van der Waals surface area (Å²) >= 11 is 5.71. The van der Waals surface area contributed by atoms with Crippen molar-refractivity contribution in [3.8, 4) is 0 Å². The number of carbonyl (C=O) groups excluding carboxylic acids is 1. The molecule has 0 amide bonds. The molecule has 0 bridgehead atoms. The number of aliphatic carboxylic acids is 1. The summed E-state index contributed by atoms with van der Waals surface area (Å²) in [5, 5.41) is 11.5. The number of rotatable bonds is 3. The minimum atomic E-state index is -1.04. The van der Waals surface area contributed by atoms with Gasteiger partial charge < -0.3 is 9.90 Å². The van der Waals surface area contributed by atoms with Crippen molar-refractivity contribution in [1.29, 1.82) is 0 Å². The second-order valence-electron chi connectivity index (χ2n) is 3.59. The number of benzene rings is 1. The maximum atomic E-state index is 10.9. The van der Waals surface area contributed by atoms with Crippen molar-refractivity contribution in [2.75, 3.05) is 0 Å². The molecule has 4 heteroatoms. The first-order valence-corrected chi connectivity index (χ1v) is 4.86. The third-order valence-corrected chi connectivity index (χ3v) is 2.40. The predicted molar refractivity (Wildman–Crippen MR) is 54.0 cm³/mol. The fraction of sp³-hybridized carbons (Fsp3) is 0.364. The van der Waals surface area contributed by atoms with E-state index in [1.165, 1.54) is 0 Å². The van der Waals surface area contributed by atoms with Gasteiger partial charge in [-0.25, -0.2) is 0 Å². The van der Waals surface area contributed by atoms with Crippen LogP contribution < -0.4 is 24.0 Å². The molecule has 0 saturated carbocycles. The Hall–Kier alpha value is -0.423. The van der Waals surface area contributed by atoms with Crippen LogP contribution in [0.4, 0.5) is 0 Å². The van der Waals surface area contributed by atoms with E-state index in [0.29, 0.717) is 5.02 Å². The number of hydrogen-bond donors (Lipinski definition) is 0. The largest absolute Gasteiger partial charge is 1.00 e. The van der Waals surface area contributed by atoms with Crippen LogP contribution in [-0.2, 0) is 4.79 Å². The SMILES string of the molecule is CC(C)C(C(=O)[O-])c1ccc(Cl)cc1.[Li+]. The van der Waals surface area contributed by atoms with Crippen LogP contribution in [-0.4, -0.2) is 5.97 Å². The van der Waals surface area contributed by atoms with Crippen LogP contribution >= 0.6 is 11.6 Å². The van der Waals surface area contributed by atoms with Crippen LogP contribution in [0.2, 0.25) is 5.02 Å². The molecular weight excluding hydrogens is 207 g/mol. The Kier molecular flexibility index (Phi) is 6.05. The predicted octanol–water partition coefficient (Wildman–Crippen LogP) is -1.17. The van der Waals surface area contributed by atoms with Crippen LogP contribution in [0.1, 0.15) is 25.3 Å². The van der Waals surface area contributed by atoms with E-state index in [9.17, 15) is 9.90 Å². The van der Waals surface area contributed by atoms with Crippen LogP contribution in [0, 0.1) is 5.92 Å². The standard InChI is InChI=1S/C11H13ClO2.Li/c1-7(2)10(11(13)14)8-3-5-9(12)6-4-8;/h3-7,10H,1-2H3,(H,13,14);/q;+1/p-1. The van der Waals surface area contributed by atoms with E-state index < -0.39 is 11.9 Å². The van der Waals surface area contributed by atoms with Gasteiger partial charge >= 0.3 is 18.9 Å². The average Bonchev–Trinajstić information content (AvgIpc) is 2.07. The number of halogens is 1. The summed E-state index contributed by atoms with van der Waals surface area (Å²) in [6.45, 7) is 3.71. The molecule has 2 nitrogen and oxygen atoms in total. The first kappa shape index (κ1) is 14.6. The van der Waals surface area contributed by atoms with Crippen LogP contribution in [0.15, 0.2) is 24.3 Å². The number of carboxylic acids is 1. The van der Waals surface area contributed by atoms with Crippen molar-refractivity contribution in [2.45, 2.75) is 19.8 Å². The van der Waals surface area contributed by atoms with Gasteiger partial charge in [-0.3, -0.25) is 0 Å². The fourth-order valence-electron chi connectivity index (χ4n) is 1.46. The van der Waals surface area contributed by atoms with Gasteiger partial charge in [0.05, 0.1) is 0 Å².